The highest BCUT2D eigenvalue weighted by Crippen LogP contribution is 2.71. The Balaban J connectivity index is 1.83. The number of hydrogen-bond donors (Lipinski definition) is 1. The van der Waals surface area contributed by atoms with Crippen molar-refractivity contribution in [3.05, 3.63) is 11.6 Å². The number of fused-ring (bicyclic) bond motifs is 2. The maximum atomic E-state index is 11.6. The summed E-state index contributed by atoms with van der Waals surface area (Å²) in [6.45, 7) is 7.27. The highest BCUT2D eigenvalue weighted by atomic mass is 16.7. The number of hydrogen-bond acceptors (Lipinski definition) is 7. The molecule has 7 atom stereocenters. The standard InChI is InChI=1S/C19H26O7/c1-10-5-6-18(8-23-11(2)20)13(7-10)26-16-14(25-12(3)21)15(22)17(18,4)19(16)9-24-19/h7,13-16,22H,5-6,8-9H2,1-4H3/t13?,14-,15-,16?,17?,18-,19?/m1/s1. The Hall–Kier alpha value is -1.44. The third-order valence-corrected chi connectivity index (χ3v) is 7.10. The van der Waals surface area contributed by atoms with E-state index in [0.717, 1.165) is 6.42 Å². The summed E-state index contributed by atoms with van der Waals surface area (Å²) in [4.78, 5) is 23.2. The second kappa shape index (κ2) is 5.53. The first-order valence-corrected chi connectivity index (χ1v) is 9.13. The number of aliphatic hydroxyl groups is 1. The van der Waals surface area contributed by atoms with E-state index in [4.69, 9.17) is 18.9 Å². The van der Waals surface area contributed by atoms with Gasteiger partial charge in [-0.05, 0) is 19.8 Å². The van der Waals surface area contributed by atoms with E-state index < -0.39 is 40.7 Å². The zero-order valence-corrected chi connectivity index (χ0v) is 15.6. The number of carbonyl (C=O) groups excluding carboxylic acids is 2. The maximum absolute atomic E-state index is 11.6. The highest BCUT2D eigenvalue weighted by Gasteiger charge is 2.85. The quantitative estimate of drug-likeness (QED) is 0.454. The van der Waals surface area contributed by atoms with Gasteiger partial charge in [-0.15, -0.1) is 0 Å². The molecule has 4 rings (SSSR count). The summed E-state index contributed by atoms with van der Waals surface area (Å²) < 4.78 is 23.2. The lowest BCUT2D eigenvalue weighted by molar-refractivity contribution is -0.231. The van der Waals surface area contributed by atoms with Gasteiger partial charge in [0.15, 0.2) is 6.10 Å². The zero-order valence-electron chi connectivity index (χ0n) is 15.6. The van der Waals surface area contributed by atoms with Crippen LogP contribution < -0.4 is 0 Å². The van der Waals surface area contributed by atoms with Crippen LogP contribution >= 0.6 is 0 Å². The minimum absolute atomic E-state index is 0.134. The zero-order chi connectivity index (χ0) is 18.9. The first-order chi connectivity index (χ1) is 12.2. The predicted octanol–water partition coefficient (Wildman–Crippen LogP) is 1.12. The van der Waals surface area contributed by atoms with Crippen LogP contribution in [0.4, 0.5) is 0 Å². The molecule has 4 aliphatic rings. The molecule has 144 valence electrons. The lowest BCUT2D eigenvalue weighted by atomic mass is 9.51. The average Bonchev–Trinajstić information content (AvgIpc) is 3.34. The van der Waals surface area contributed by atoms with Crippen molar-refractivity contribution < 1.29 is 33.6 Å². The Morgan fingerprint density at radius 3 is 2.62 bits per heavy atom. The van der Waals surface area contributed by atoms with Crippen molar-refractivity contribution in [2.24, 2.45) is 10.8 Å². The largest absolute Gasteiger partial charge is 0.465 e. The molecule has 7 heteroatoms. The molecule has 2 aliphatic heterocycles. The number of aliphatic hydroxyl groups excluding tert-OH is 1. The number of ether oxygens (including phenoxy) is 4. The molecule has 3 fully saturated rings. The molecule has 0 aromatic rings. The van der Waals surface area contributed by atoms with E-state index in [-0.39, 0.29) is 18.7 Å². The van der Waals surface area contributed by atoms with Gasteiger partial charge in [-0.3, -0.25) is 9.59 Å². The molecular formula is C19H26O7. The van der Waals surface area contributed by atoms with E-state index in [9.17, 15) is 14.7 Å². The molecule has 2 aliphatic carbocycles. The predicted molar refractivity (Wildman–Crippen MR) is 89.1 cm³/mol. The van der Waals surface area contributed by atoms with Gasteiger partial charge < -0.3 is 24.1 Å². The van der Waals surface area contributed by atoms with Crippen molar-refractivity contribution in [3.8, 4) is 0 Å². The SMILES string of the molecule is CC(=O)OC[C@]12CCC(C)=CC1OC1[C@H](OC(C)=O)[C@@H](O)C2(C)C12CO2. The molecule has 1 spiro atoms. The third kappa shape index (κ3) is 2.05. The van der Waals surface area contributed by atoms with Crippen LogP contribution in [0, 0.1) is 10.8 Å². The second-order valence-electron chi connectivity index (χ2n) is 8.33. The smallest absolute Gasteiger partial charge is 0.303 e. The summed E-state index contributed by atoms with van der Waals surface area (Å²) in [6, 6.07) is 0. The van der Waals surface area contributed by atoms with Crippen LogP contribution in [0.15, 0.2) is 11.6 Å². The van der Waals surface area contributed by atoms with E-state index in [2.05, 4.69) is 6.08 Å². The number of esters is 2. The molecule has 26 heavy (non-hydrogen) atoms. The van der Waals surface area contributed by atoms with Crippen LogP contribution in [0.1, 0.15) is 40.5 Å². The molecule has 0 radical (unpaired) electrons. The average molecular weight is 366 g/mol. The first-order valence-electron chi connectivity index (χ1n) is 9.13. The minimum Gasteiger partial charge on any atom is -0.465 e. The highest BCUT2D eigenvalue weighted by molar-refractivity contribution is 5.67. The van der Waals surface area contributed by atoms with Crippen LogP contribution in [0.5, 0.6) is 0 Å². The molecule has 0 aromatic carbocycles. The molecule has 2 saturated heterocycles. The molecule has 0 aromatic heterocycles. The number of epoxide rings is 1. The summed E-state index contributed by atoms with van der Waals surface area (Å²) in [5, 5.41) is 11.3. The van der Waals surface area contributed by atoms with E-state index in [0.29, 0.717) is 13.0 Å². The van der Waals surface area contributed by atoms with E-state index in [1.165, 1.54) is 19.4 Å². The fourth-order valence-corrected chi connectivity index (χ4v) is 5.55. The molecule has 7 nitrogen and oxygen atoms in total. The van der Waals surface area contributed by atoms with E-state index in [1.54, 1.807) is 0 Å². The van der Waals surface area contributed by atoms with E-state index >= 15 is 0 Å². The summed E-state index contributed by atoms with van der Waals surface area (Å²) in [7, 11) is 0. The second-order valence-corrected chi connectivity index (χ2v) is 8.33. The summed E-state index contributed by atoms with van der Waals surface area (Å²) in [5.74, 6) is -0.835. The van der Waals surface area contributed by atoms with Crippen molar-refractivity contribution in [1.82, 2.24) is 0 Å². The van der Waals surface area contributed by atoms with Crippen molar-refractivity contribution in [2.45, 2.75) is 70.6 Å². The Kier molecular flexibility index (Phi) is 3.82. The lowest BCUT2D eigenvalue weighted by Crippen LogP contribution is -2.66. The molecule has 1 saturated carbocycles. The fraction of sp³-hybridized carbons (Fsp3) is 0.789. The third-order valence-electron chi connectivity index (χ3n) is 7.10. The van der Waals surface area contributed by atoms with Crippen LogP contribution in [-0.4, -0.2) is 60.3 Å². The Morgan fingerprint density at radius 2 is 2.04 bits per heavy atom. The normalized spacial score (nSPS) is 48.6. The monoisotopic (exact) mass is 366 g/mol. The minimum atomic E-state index is -0.966. The van der Waals surface area contributed by atoms with Gasteiger partial charge in [0.1, 0.15) is 24.4 Å². The van der Waals surface area contributed by atoms with Crippen molar-refractivity contribution in [1.29, 1.82) is 0 Å². The lowest BCUT2D eigenvalue weighted by Gasteiger charge is -2.57. The van der Waals surface area contributed by atoms with Crippen molar-refractivity contribution in [3.63, 3.8) is 0 Å². The van der Waals surface area contributed by atoms with Crippen LogP contribution in [0.3, 0.4) is 0 Å². The van der Waals surface area contributed by atoms with Gasteiger partial charge >= 0.3 is 11.9 Å². The number of carbonyl (C=O) groups is 2. The van der Waals surface area contributed by atoms with Gasteiger partial charge in [-0.25, -0.2) is 0 Å². The topological polar surface area (TPSA) is 94.6 Å². The molecule has 1 N–H and O–H groups in total. The van der Waals surface area contributed by atoms with Gasteiger partial charge in [0.25, 0.3) is 0 Å². The summed E-state index contributed by atoms with van der Waals surface area (Å²) >= 11 is 0. The maximum Gasteiger partial charge on any atom is 0.303 e. The molecule has 2 bridgehead atoms. The molecule has 2 heterocycles. The Bertz CT molecular complexity index is 681. The molecule has 4 unspecified atom stereocenters. The van der Waals surface area contributed by atoms with E-state index in [1.807, 2.05) is 13.8 Å². The van der Waals surface area contributed by atoms with Crippen LogP contribution in [-0.2, 0) is 28.5 Å². The van der Waals surface area contributed by atoms with Gasteiger partial charge in [0.05, 0.1) is 12.7 Å². The van der Waals surface area contributed by atoms with Crippen LogP contribution in [0.2, 0.25) is 0 Å². The number of allylic oxidation sites excluding steroid dienone is 1. The van der Waals surface area contributed by atoms with Crippen molar-refractivity contribution >= 4 is 11.9 Å². The summed E-state index contributed by atoms with van der Waals surface area (Å²) in [5.41, 5.74) is -0.926. The number of rotatable bonds is 3. The van der Waals surface area contributed by atoms with Gasteiger partial charge in [-0.1, -0.05) is 18.6 Å². The van der Waals surface area contributed by atoms with Crippen molar-refractivity contribution in [2.75, 3.05) is 13.2 Å². The van der Waals surface area contributed by atoms with Gasteiger partial charge in [0, 0.05) is 24.7 Å². The fourth-order valence-electron chi connectivity index (χ4n) is 5.55. The molecular weight excluding hydrogens is 340 g/mol. The Labute approximate surface area is 152 Å². The van der Waals surface area contributed by atoms with Gasteiger partial charge in [0.2, 0.25) is 0 Å². The molecule has 0 amide bonds. The Morgan fingerprint density at radius 1 is 1.35 bits per heavy atom. The first kappa shape index (κ1) is 17.9. The van der Waals surface area contributed by atoms with Gasteiger partial charge in [-0.2, -0.15) is 0 Å². The summed E-state index contributed by atoms with van der Waals surface area (Å²) in [6.07, 6.45) is 0.934. The van der Waals surface area contributed by atoms with Crippen LogP contribution in [0.25, 0.3) is 0 Å².